The number of alkyl carbamates (subject to hydrolysis) is 1. The molecule has 0 radical (unpaired) electrons. The minimum Gasteiger partial charge on any atom is -0.481 e. The van der Waals surface area contributed by atoms with Crippen molar-refractivity contribution in [1.82, 2.24) is 5.32 Å². The van der Waals surface area contributed by atoms with Crippen LogP contribution < -0.4 is 5.32 Å². The Labute approximate surface area is 113 Å². The molecule has 1 amide bonds. The molecular formula is C13H23NO5. The highest BCUT2D eigenvalue weighted by atomic mass is 16.6. The van der Waals surface area contributed by atoms with Gasteiger partial charge in [0.15, 0.2) is 0 Å². The van der Waals surface area contributed by atoms with Gasteiger partial charge in [-0.15, -0.1) is 0 Å². The van der Waals surface area contributed by atoms with Crippen molar-refractivity contribution in [2.24, 2.45) is 5.92 Å². The predicted octanol–water partition coefficient (Wildman–Crippen LogP) is 1.52. The first kappa shape index (κ1) is 15.8. The van der Waals surface area contributed by atoms with E-state index in [0.29, 0.717) is 12.8 Å². The molecule has 3 atom stereocenters. The summed E-state index contributed by atoms with van der Waals surface area (Å²) in [7, 11) is 0. The number of nitrogens with one attached hydrogen (secondary N) is 1. The van der Waals surface area contributed by atoms with Crippen molar-refractivity contribution in [2.45, 2.75) is 64.2 Å². The van der Waals surface area contributed by atoms with Crippen LogP contribution in [-0.2, 0) is 9.53 Å². The van der Waals surface area contributed by atoms with Gasteiger partial charge in [-0.1, -0.05) is 0 Å². The van der Waals surface area contributed by atoms with Crippen molar-refractivity contribution in [1.29, 1.82) is 0 Å². The second-order valence-electron chi connectivity index (χ2n) is 6.37. The van der Waals surface area contributed by atoms with Crippen molar-refractivity contribution in [3.05, 3.63) is 0 Å². The minimum absolute atomic E-state index is 0.141. The molecule has 0 aliphatic heterocycles. The van der Waals surface area contributed by atoms with E-state index in [1.807, 2.05) is 0 Å². The van der Waals surface area contributed by atoms with Gasteiger partial charge in [0.1, 0.15) is 5.60 Å². The van der Waals surface area contributed by atoms with Gasteiger partial charge in [-0.05, 0) is 47.0 Å². The number of ether oxygens (including phenoxy) is 1. The third kappa shape index (κ3) is 4.38. The molecule has 0 aromatic rings. The molecule has 0 aromatic heterocycles. The molecule has 0 unspecified atom stereocenters. The Hall–Kier alpha value is -1.30. The van der Waals surface area contributed by atoms with Gasteiger partial charge in [0.25, 0.3) is 0 Å². The van der Waals surface area contributed by atoms with Crippen LogP contribution in [0.2, 0.25) is 0 Å². The molecule has 6 nitrogen and oxygen atoms in total. The molecule has 3 N–H and O–H groups in total. The van der Waals surface area contributed by atoms with Crippen LogP contribution in [-0.4, -0.2) is 39.5 Å². The summed E-state index contributed by atoms with van der Waals surface area (Å²) in [6.07, 6.45) is -0.511. The molecule has 0 aromatic carbocycles. The maximum atomic E-state index is 11.7. The van der Waals surface area contributed by atoms with Crippen LogP contribution >= 0.6 is 0 Å². The number of aliphatic hydroxyl groups excluding tert-OH is 1. The SMILES string of the molecule is CC(C)(C)OC(=O)N[C@]1(C)CC[C@H](C(=O)O)C[C@H]1O. The van der Waals surface area contributed by atoms with Crippen LogP contribution in [0.3, 0.4) is 0 Å². The van der Waals surface area contributed by atoms with Crippen LogP contribution in [0.4, 0.5) is 4.79 Å². The van der Waals surface area contributed by atoms with Gasteiger partial charge < -0.3 is 20.3 Å². The number of carboxylic acids is 1. The Morgan fingerprint density at radius 2 is 1.95 bits per heavy atom. The van der Waals surface area contributed by atoms with E-state index in [2.05, 4.69) is 5.32 Å². The summed E-state index contributed by atoms with van der Waals surface area (Å²) in [5.74, 6) is -1.46. The quantitative estimate of drug-likeness (QED) is 0.709. The lowest BCUT2D eigenvalue weighted by molar-refractivity contribution is -0.145. The third-order valence-electron chi connectivity index (χ3n) is 3.39. The Morgan fingerprint density at radius 1 is 1.37 bits per heavy atom. The molecule has 1 aliphatic rings. The van der Waals surface area contributed by atoms with E-state index in [0.717, 1.165) is 0 Å². The number of hydrogen-bond donors (Lipinski definition) is 3. The van der Waals surface area contributed by atoms with Crippen molar-refractivity contribution >= 4 is 12.1 Å². The molecule has 1 fully saturated rings. The Kier molecular flexibility index (Phi) is 4.45. The Bertz CT molecular complexity index is 363. The van der Waals surface area contributed by atoms with Crippen LogP contribution in [0.15, 0.2) is 0 Å². The number of carboxylic acid groups (broad SMARTS) is 1. The average molecular weight is 273 g/mol. The molecule has 0 heterocycles. The molecule has 1 aliphatic carbocycles. The van der Waals surface area contributed by atoms with Crippen molar-refractivity contribution in [3.8, 4) is 0 Å². The smallest absolute Gasteiger partial charge is 0.408 e. The molecule has 19 heavy (non-hydrogen) atoms. The first-order valence-electron chi connectivity index (χ1n) is 6.45. The summed E-state index contributed by atoms with van der Waals surface area (Å²) < 4.78 is 5.15. The number of amides is 1. The number of hydrogen-bond acceptors (Lipinski definition) is 4. The lowest BCUT2D eigenvalue weighted by Gasteiger charge is -2.41. The summed E-state index contributed by atoms with van der Waals surface area (Å²) in [6.45, 7) is 6.98. The van der Waals surface area contributed by atoms with Crippen LogP contribution in [0.25, 0.3) is 0 Å². The largest absolute Gasteiger partial charge is 0.481 e. The molecule has 1 saturated carbocycles. The summed E-state index contributed by atoms with van der Waals surface area (Å²) >= 11 is 0. The van der Waals surface area contributed by atoms with Gasteiger partial charge in [-0.2, -0.15) is 0 Å². The fourth-order valence-corrected chi connectivity index (χ4v) is 2.20. The van der Waals surface area contributed by atoms with E-state index < -0.39 is 35.2 Å². The Balaban J connectivity index is 2.62. The van der Waals surface area contributed by atoms with Crippen molar-refractivity contribution < 1.29 is 24.5 Å². The lowest BCUT2D eigenvalue weighted by Crippen LogP contribution is -2.58. The van der Waals surface area contributed by atoms with Crippen LogP contribution in [0, 0.1) is 5.92 Å². The fourth-order valence-electron chi connectivity index (χ4n) is 2.20. The maximum Gasteiger partial charge on any atom is 0.408 e. The first-order chi connectivity index (χ1) is 8.53. The van der Waals surface area contributed by atoms with E-state index in [1.165, 1.54) is 0 Å². The first-order valence-corrected chi connectivity index (χ1v) is 6.45. The second-order valence-corrected chi connectivity index (χ2v) is 6.37. The molecule has 0 bridgehead atoms. The highest BCUT2D eigenvalue weighted by molar-refractivity contribution is 5.71. The maximum absolute atomic E-state index is 11.7. The monoisotopic (exact) mass is 273 g/mol. The number of rotatable bonds is 2. The Morgan fingerprint density at radius 3 is 2.37 bits per heavy atom. The number of aliphatic hydroxyl groups is 1. The van der Waals surface area contributed by atoms with E-state index in [4.69, 9.17) is 9.84 Å². The summed E-state index contributed by atoms with van der Waals surface area (Å²) in [5, 5.41) is 21.7. The van der Waals surface area contributed by atoms with Crippen LogP contribution in [0.5, 0.6) is 0 Å². The van der Waals surface area contributed by atoms with Gasteiger partial charge in [0, 0.05) is 0 Å². The van der Waals surface area contributed by atoms with E-state index >= 15 is 0 Å². The highest BCUT2D eigenvalue weighted by Crippen LogP contribution is 2.32. The highest BCUT2D eigenvalue weighted by Gasteiger charge is 2.42. The average Bonchev–Trinajstić information content (AvgIpc) is 2.18. The molecule has 0 saturated heterocycles. The predicted molar refractivity (Wildman–Crippen MR) is 68.8 cm³/mol. The van der Waals surface area contributed by atoms with E-state index in [-0.39, 0.29) is 6.42 Å². The van der Waals surface area contributed by atoms with Gasteiger partial charge in [0.2, 0.25) is 0 Å². The number of aliphatic carboxylic acids is 1. The standard InChI is InChI=1S/C13H23NO5/c1-12(2,3)19-11(18)14-13(4)6-5-8(10(16)17)7-9(13)15/h8-9,15H,5-7H2,1-4H3,(H,14,18)(H,16,17)/t8-,9+,13+/m0/s1. The summed E-state index contributed by atoms with van der Waals surface area (Å²) in [4.78, 5) is 22.6. The topological polar surface area (TPSA) is 95.9 Å². The minimum atomic E-state index is -0.904. The van der Waals surface area contributed by atoms with E-state index in [9.17, 15) is 14.7 Å². The summed E-state index contributed by atoms with van der Waals surface area (Å²) in [5.41, 5.74) is -1.45. The molecule has 0 spiro atoms. The number of carbonyl (C=O) groups is 2. The zero-order chi connectivity index (χ0) is 14.8. The van der Waals surface area contributed by atoms with E-state index in [1.54, 1.807) is 27.7 Å². The normalized spacial score (nSPS) is 31.6. The molecule has 110 valence electrons. The zero-order valence-electron chi connectivity index (χ0n) is 11.9. The van der Waals surface area contributed by atoms with Gasteiger partial charge in [0.05, 0.1) is 17.6 Å². The van der Waals surface area contributed by atoms with Crippen molar-refractivity contribution in [2.75, 3.05) is 0 Å². The van der Waals surface area contributed by atoms with Gasteiger partial charge in [-0.3, -0.25) is 4.79 Å². The molecule has 1 rings (SSSR count). The lowest BCUT2D eigenvalue weighted by atomic mass is 9.75. The molecular weight excluding hydrogens is 250 g/mol. The summed E-state index contributed by atoms with van der Waals surface area (Å²) in [6, 6.07) is 0. The second kappa shape index (κ2) is 5.36. The molecule has 6 heteroatoms. The van der Waals surface area contributed by atoms with Crippen molar-refractivity contribution in [3.63, 3.8) is 0 Å². The van der Waals surface area contributed by atoms with Gasteiger partial charge in [-0.25, -0.2) is 4.79 Å². The van der Waals surface area contributed by atoms with Crippen LogP contribution in [0.1, 0.15) is 47.0 Å². The zero-order valence-corrected chi connectivity index (χ0v) is 11.9. The number of carbonyl (C=O) groups excluding carboxylic acids is 1. The third-order valence-corrected chi connectivity index (χ3v) is 3.39. The fraction of sp³-hybridized carbons (Fsp3) is 0.846. The van der Waals surface area contributed by atoms with Gasteiger partial charge >= 0.3 is 12.1 Å².